The minimum absolute atomic E-state index is 0.0832. The van der Waals surface area contributed by atoms with Crippen LogP contribution in [0.2, 0.25) is 0 Å². The third-order valence-electron chi connectivity index (χ3n) is 2.03. The molecule has 0 aliphatic carbocycles. The number of nitrogens with two attached hydrogens (primary N) is 2. The van der Waals surface area contributed by atoms with Gasteiger partial charge in [-0.2, -0.15) is 0 Å². The van der Waals surface area contributed by atoms with E-state index in [0.29, 0.717) is 16.1 Å². The minimum atomic E-state index is -0.493. The van der Waals surface area contributed by atoms with Gasteiger partial charge in [0, 0.05) is 6.07 Å². The maximum absolute atomic E-state index is 13.6. The summed E-state index contributed by atoms with van der Waals surface area (Å²) >= 11 is 8.71. The van der Waals surface area contributed by atoms with Gasteiger partial charge in [-0.05, 0) is 28.1 Å². The molecular weight excluding hydrogens is 312 g/mol. The lowest BCUT2D eigenvalue weighted by Gasteiger charge is -2.20. The van der Waals surface area contributed by atoms with Gasteiger partial charge >= 0.3 is 0 Å². The normalized spacial score (nSPS) is 12.1. The lowest BCUT2D eigenvalue weighted by atomic mass is 10.3. The first kappa shape index (κ1) is 14.1. The highest BCUT2D eigenvalue weighted by Gasteiger charge is 2.14. The summed E-state index contributed by atoms with van der Waals surface area (Å²) in [6, 6.07) is 4.21. The van der Waals surface area contributed by atoms with Gasteiger partial charge in [0.15, 0.2) is 0 Å². The quantitative estimate of drug-likeness (QED) is 0.386. The first-order chi connectivity index (χ1) is 8.01. The van der Waals surface area contributed by atoms with E-state index in [4.69, 9.17) is 27.9 Å². The maximum Gasteiger partial charge on any atom is 0.148 e. The van der Waals surface area contributed by atoms with Crippen LogP contribution < -0.4 is 21.3 Å². The highest BCUT2D eigenvalue weighted by atomic mass is 79.9. The second kappa shape index (κ2) is 6.09. The molecule has 0 fully saturated rings. The molecule has 0 aliphatic heterocycles. The molecule has 0 unspecified atom stereocenters. The average molecular weight is 325 g/mol. The first-order valence-electron chi connectivity index (χ1n) is 4.59. The number of halogens is 3. The zero-order chi connectivity index (χ0) is 13.0. The number of hydrazine groups is 1. The van der Waals surface area contributed by atoms with E-state index in [2.05, 4.69) is 15.9 Å². The Balaban J connectivity index is 3.15. The molecule has 17 heavy (non-hydrogen) atoms. The largest absolute Gasteiger partial charge is 0.497 e. The van der Waals surface area contributed by atoms with Crippen molar-refractivity contribution in [2.45, 2.75) is 0 Å². The fourth-order valence-corrected chi connectivity index (χ4v) is 1.74. The first-order valence-corrected chi connectivity index (χ1v) is 5.92. The van der Waals surface area contributed by atoms with Crippen molar-refractivity contribution in [1.82, 2.24) is 0 Å². The Morgan fingerprint density at radius 1 is 1.59 bits per heavy atom. The molecule has 1 rings (SSSR count). The number of anilines is 1. The molecule has 0 atom stereocenters. The molecule has 0 saturated carbocycles. The fourth-order valence-electron chi connectivity index (χ4n) is 1.12. The van der Waals surface area contributed by atoms with E-state index in [1.165, 1.54) is 25.3 Å². The van der Waals surface area contributed by atoms with E-state index in [-0.39, 0.29) is 11.6 Å². The summed E-state index contributed by atoms with van der Waals surface area (Å²) in [5.74, 6) is 5.81. The predicted octanol–water partition coefficient (Wildman–Crippen LogP) is 2.28. The van der Waals surface area contributed by atoms with Gasteiger partial charge in [0.1, 0.15) is 16.2 Å². The van der Waals surface area contributed by atoms with Gasteiger partial charge in [-0.3, -0.25) is 5.01 Å². The summed E-state index contributed by atoms with van der Waals surface area (Å²) in [4.78, 5) is 0. The van der Waals surface area contributed by atoms with Crippen molar-refractivity contribution < 1.29 is 9.13 Å². The summed E-state index contributed by atoms with van der Waals surface area (Å²) in [5.41, 5.74) is 6.03. The molecule has 0 aromatic heterocycles. The molecule has 7 heteroatoms. The number of rotatable bonds is 4. The van der Waals surface area contributed by atoms with Crippen LogP contribution in [0.3, 0.4) is 0 Å². The van der Waals surface area contributed by atoms with Crippen molar-refractivity contribution in [2.24, 2.45) is 11.6 Å². The third kappa shape index (κ3) is 3.24. The van der Waals surface area contributed by atoms with E-state index >= 15 is 0 Å². The Hall–Kier alpha value is -0.980. The second-order valence-electron chi connectivity index (χ2n) is 3.14. The summed E-state index contributed by atoms with van der Waals surface area (Å²) in [7, 11) is 1.48. The van der Waals surface area contributed by atoms with Crippen LogP contribution in [0.15, 0.2) is 28.5 Å². The fraction of sp³-hybridized carbons (Fsp3) is 0.200. The number of allylic oxidation sites excluding steroid dienone is 1. The van der Waals surface area contributed by atoms with Crippen molar-refractivity contribution in [3.8, 4) is 5.75 Å². The van der Waals surface area contributed by atoms with E-state index in [1.807, 2.05) is 0 Å². The number of methoxy groups -OCH3 is 1. The summed E-state index contributed by atoms with van der Waals surface area (Å²) in [5, 5.41) is 1.07. The summed E-state index contributed by atoms with van der Waals surface area (Å²) in [6.07, 6.45) is 0. The number of ether oxygens (including phenoxy) is 1. The number of nitrogens with zero attached hydrogens (tertiary/aromatic N) is 1. The number of hydrogen-bond donors (Lipinski definition) is 2. The molecule has 0 aliphatic rings. The molecule has 4 nitrogen and oxygen atoms in total. The monoisotopic (exact) mass is 323 g/mol. The lowest BCUT2D eigenvalue weighted by molar-refractivity contribution is 0.413. The Morgan fingerprint density at radius 2 is 2.24 bits per heavy atom. The molecule has 0 amide bonds. The Kier molecular flexibility index (Phi) is 5.04. The van der Waals surface area contributed by atoms with Crippen LogP contribution in [0.4, 0.5) is 10.1 Å². The molecule has 0 spiro atoms. The van der Waals surface area contributed by atoms with Crippen LogP contribution in [0.25, 0.3) is 0 Å². The SMILES string of the molecule is COc1ccc(F)c(N(N)/C(Br)=C(\N)CCl)c1. The van der Waals surface area contributed by atoms with Gasteiger partial charge in [-0.15, -0.1) is 11.6 Å². The van der Waals surface area contributed by atoms with Gasteiger partial charge in [-0.25, -0.2) is 10.2 Å². The van der Waals surface area contributed by atoms with Crippen LogP contribution in [0, 0.1) is 5.82 Å². The number of hydrogen-bond acceptors (Lipinski definition) is 4. The molecule has 4 N–H and O–H groups in total. The van der Waals surface area contributed by atoms with Gasteiger partial charge < -0.3 is 10.5 Å². The minimum Gasteiger partial charge on any atom is -0.497 e. The van der Waals surface area contributed by atoms with Crippen molar-refractivity contribution in [1.29, 1.82) is 0 Å². The van der Waals surface area contributed by atoms with Crippen LogP contribution in [-0.4, -0.2) is 13.0 Å². The van der Waals surface area contributed by atoms with Crippen molar-refractivity contribution in [3.63, 3.8) is 0 Å². The molecule has 1 aromatic rings. The molecule has 0 radical (unpaired) electrons. The number of alkyl halides is 1. The summed E-state index contributed by atoms with van der Waals surface area (Å²) < 4.78 is 18.9. The van der Waals surface area contributed by atoms with E-state index in [1.54, 1.807) is 0 Å². The second-order valence-corrected chi connectivity index (χ2v) is 4.16. The highest BCUT2D eigenvalue weighted by molar-refractivity contribution is 9.11. The maximum atomic E-state index is 13.6. The van der Waals surface area contributed by atoms with Crippen molar-refractivity contribution in [2.75, 3.05) is 18.0 Å². The zero-order valence-corrected chi connectivity index (χ0v) is 11.4. The number of benzene rings is 1. The van der Waals surface area contributed by atoms with Crippen LogP contribution >= 0.6 is 27.5 Å². The molecule has 0 heterocycles. The van der Waals surface area contributed by atoms with Crippen LogP contribution in [0.5, 0.6) is 5.75 Å². The lowest BCUT2D eigenvalue weighted by Crippen LogP contribution is -2.30. The molecular formula is C10H12BrClFN3O. The standard InChI is InChI=1S/C10H12BrClFN3O/c1-17-6-2-3-7(13)9(4-6)16(15)10(11)8(14)5-12/h2-4H,5,14-15H2,1H3/b10-8-. The predicted molar refractivity (Wildman–Crippen MR) is 70.5 cm³/mol. The molecule has 1 aromatic carbocycles. The summed E-state index contributed by atoms with van der Waals surface area (Å²) in [6.45, 7) is 0. The van der Waals surface area contributed by atoms with Crippen LogP contribution in [0.1, 0.15) is 0 Å². The van der Waals surface area contributed by atoms with Crippen LogP contribution in [-0.2, 0) is 0 Å². The zero-order valence-electron chi connectivity index (χ0n) is 9.08. The van der Waals surface area contributed by atoms with E-state index in [9.17, 15) is 4.39 Å². The van der Waals surface area contributed by atoms with Gasteiger partial charge in [0.25, 0.3) is 0 Å². The van der Waals surface area contributed by atoms with Gasteiger partial charge in [0.05, 0.1) is 24.4 Å². The van der Waals surface area contributed by atoms with Crippen molar-refractivity contribution in [3.05, 3.63) is 34.3 Å². The topological polar surface area (TPSA) is 64.5 Å². The third-order valence-corrected chi connectivity index (χ3v) is 3.21. The molecule has 94 valence electrons. The van der Waals surface area contributed by atoms with E-state index in [0.717, 1.165) is 5.01 Å². The Morgan fingerprint density at radius 3 is 2.76 bits per heavy atom. The van der Waals surface area contributed by atoms with E-state index < -0.39 is 5.82 Å². The van der Waals surface area contributed by atoms with Gasteiger partial charge in [-0.1, -0.05) is 0 Å². The van der Waals surface area contributed by atoms with Crippen molar-refractivity contribution >= 4 is 33.2 Å². The Labute approximate surface area is 112 Å². The Bertz CT molecular complexity index is 442. The highest BCUT2D eigenvalue weighted by Crippen LogP contribution is 2.27. The smallest absolute Gasteiger partial charge is 0.148 e. The average Bonchev–Trinajstić information content (AvgIpc) is 2.36. The van der Waals surface area contributed by atoms with Gasteiger partial charge in [0.2, 0.25) is 0 Å². The molecule has 0 bridgehead atoms. The molecule has 0 saturated heterocycles.